The molecule has 2 rings (SSSR count). The van der Waals surface area contributed by atoms with Crippen LogP contribution < -0.4 is 0 Å². The molecule has 22 heavy (non-hydrogen) atoms. The first-order chi connectivity index (χ1) is 10.3. The standard InChI is InChI=1S/C13H9FO4.CH2F2O/c1-7-5-6-8-3-2-4-9(12(15)16)11(8)10(7)13(17)18-14;2-1(3)4/h2-6H,1H3,(H,15,16);1,4H. The van der Waals surface area contributed by atoms with E-state index in [0.717, 1.165) is 0 Å². The van der Waals surface area contributed by atoms with Gasteiger partial charge in [0.15, 0.2) is 0 Å². The Morgan fingerprint density at radius 1 is 1.18 bits per heavy atom. The topological polar surface area (TPSA) is 83.8 Å². The summed E-state index contributed by atoms with van der Waals surface area (Å²) in [6.07, 6.45) is 0. The highest BCUT2D eigenvalue weighted by atomic mass is 19.3. The van der Waals surface area contributed by atoms with Crippen molar-refractivity contribution in [2.75, 3.05) is 0 Å². The van der Waals surface area contributed by atoms with Crippen molar-refractivity contribution in [2.24, 2.45) is 0 Å². The number of aliphatic hydroxyl groups is 1. The molecule has 2 aromatic carbocycles. The van der Waals surface area contributed by atoms with Crippen molar-refractivity contribution in [1.29, 1.82) is 0 Å². The highest BCUT2D eigenvalue weighted by Crippen LogP contribution is 2.26. The first kappa shape index (κ1) is 17.4. The van der Waals surface area contributed by atoms with Crippen LogP contribution in [0.1, 0.15) is 26.3 Å². The Morgan fingerprint density at radius 2 is 1.77 bits per heavy atom. The third kappa shape index (κ3) is 3.95. The first-order valence-electron chi connectivity index (χ1n) is 5.84. The number of halogens is 3. The van der Waals surface area contributed by atoms with Crippen LogP contribution in [-0.4, -0.2) is 28.8 Å². The van der Waals surface area contributed by atoms with Gasteiger partial charge in [-0.3, -0.25) is 0 Å². The summed E-state index contributed by atoms with van der Waals surface area (Å²) < 4.78 is 31.9. The molecule has 0 bridgehead atoms. The summed E-state index contributed by atoms with van der Waals surface area (Å²) in [5.41, 5.74) is 0.337. The van der Waals surface area contributed by atoms with Crippen LogP contribution in [0.3, 0.4) is 0 Å². The number of carboxylic acids is 1. The Kier molecular flexibility index (Phi) is 5.88. The Hall–Kier alpha value is -2.61. The van der Waals surface area contributed by atoms with E-state index in [2.05, 4.69) is 4.94 Å². The summed E-state index contributed by atoms with van der Waals surface area (Å²) in [6.45, 7) is -1.58. The van der Waals surface area contributed by atoms with Gasteiger partial charge in [-0.15, -0.1) is 0 Å². The maximum absolute atomic E-state index is 12.1. The summed E-state index contributed by atoms with van der Waals surface area (Å²) in [5, 5.41) is 16.6. The molecule has 0 atom stereocenters. The molecule has 118 valence electrons. The van der Waals surface area contributed by atoms with E-state index in [4.69, 9.17) is 10.2 Å². The lowest BCUT2D eigenvalue weighted by atomic mass is 9.95. The molecule has 0 aliphatic heterocycles. The highest BCUT2D eigenvalue weighted by Gasteiger charge is 2.20. The number of alkyl halides is 2. The molecule has 0 unspecified atom stereocenters. The Balaban J connectivity index is 0.000000541. The summed E-state index contributed by atoms with van der Waals surface area (Å²) in [6, 6.07) is 7.85. The molecule has 8 heteroatoms. The van der Waals surface area contributed by atoms with E-state index >= 15 is 0 Å². The third-order valence-corrected chi connectivity index (χ3v) is 2.76. The lowest BCUT2D eigenvalue weighted by molar-refractivity contribution is -0.0787. The summed E-state index contributed by atoms with van der Waals surface area (Å²) >= 11 is 0. The van der Waals surface area contributed by atoms with Crippen LogP contribution in [0.4, 0.5) is 13.3 Å². The van der Waals surface area contributed by atoms with Gasteiger partial charge in [-0.1, -0.05) is 24.3 Å². The minimum atomic E-state index is -3.17. The number of carbonyl (C=O) groups excluding carboxylic acids is 1. The third-order valence-electron chi connectivity index (χ3n) is 2.76. The molecular formula is C14H11F3O5. The van der Waals surface area contributed by atoms with Crippen LogP contribution in [0.25, 0.3) is 10.8 Å². The summed E-state index contributed by atoms with van der Waals surface area (Å²) in [4.78, 5) is 25.8. The largest absolute Gasteiger partial charge is 0.478 e. The van der Waals surface area contributed by atoms with Gasteiger partial charge in [0.1, 0.15) is 0 Å². The number of carboxylic acid groups (broad SMARTS) is 1. The maximum atomic E-state index is 12.1. The molecule has 2 aromatic rings. The lowest BCUT2D eigenvalue weighted by Gasteiger charge is -2.09. The number of hydrogen-bond acceptors (Lipinski definition) is 4. The molecule has 0 saturated heterocycles. The average molecular weight is 316 g/mol. The van der Waals surface area contributed by atoms with E-state index in [1.54, 1.807) is 31.2 Å². The molecule has 0 amide bonds. The number of aryl methyl sites for hydroxylation is 1. The predicted molar refractivity (Wildman–Crippen MR) is 70.4 cm³/mol. The van der Waals surface area contributed by atoms with Gasteiger partial charge in [0.2, 0.25) is 0 Å². The van der Waals surface area contributed by atoms with Crippen LogP contribution in [0, 0.1) is 6.92 Å². The number of aliphatic hydroxyl groups excluding tert-OH is 1. The number of benzene rings is 2. The fraction of sp³-hybridized carbons (Fsp3) is 0.143. The van der Waals surface area contributed by atoms with Gasteiger partial charge in [-0.25, -0.2) is 14.5 Å². The fourth-order valence-corrected chi connectivity index (χ4v) is 1.96. The monoisotopic (exact) mass is 316 g/mol. The summed E-state index contributed by atoms with van der Waals surface area (Å²) in [5.74, 6) is -2.37. The molecule has 0 fully saturated rings. The van der Waals surface area contributed by atoms with Crippen LogP contribution in [0.5, 0.6) is 0 Å². The van der Waals surface area contributed by atoms with E-state index < -0.39 is 18.6 Å². The van der Waals surface area contributed by atoms with Crippen molar-refractivity contribution < 1.29 is 38.1 Å². The Bertz CT molecular complexity index is 697. The molecule has 0 aromatic heterocycles. The second-order valence-electron chi connectivity index (χ2n) is 4.11. The molecule has 0 heterocycles. The van der Waals surface area contributed by atoms with E-state index in [1.165, 1.54) is 6.07 Å². The lowest BCUT2D eigenvalue weighted by Crippen LogP contribution is -2.07. The predicted octanol–water partition coefficient (Wildman–Crippen LogP) is 3.09. The van der Waals surface area contributed by atoms with E-state index in [9.17, 15) is 22.9 Å². The number of aromatic carboxylic acids is 1. The molecule has 0 radical (unpaired) electrons. The SMILES string of the molecule is Cc1ccc2cccc(C(=O)O)c2c1C(=O)OF.OC(F)F. The van der Waals surface area contributed by atoms with E-state index in [-0.39, 0.29) is 16.5 Å². The highest BCUT2D eigenvalue weighted by molar-refractivity contribution is 6.13. The molecule has 0 saturated carbocycles. The van der Waals surface area contributed by atoms with Crippen molar-refractivity contribution in [3.05, 3.63) is 47.0 Å². The van der Waals surface area contributed by atoms with Gasteiger partial charge >= 0.3 is 18.6 Å². The van der Waals surface area contributed by atoms with Crippen molar-refractivity contribution in [3.63, 3.8) is 0 Å². The number of fused-ring (bicyclic) bond motifs is 1. The van der Waals surface area contributed by atoms with Gasteiger partial charge in [0.05, 0.1) is 11.1 Å². The minimum absolute atomic E-state index is 0.0587. The van der Waals surface area contributed by atoms with Gasteiger partial charge in [0, 0.05) is 9.91 Å². The van der Waals surface area contributed by atoms with Crippen LogP contribution in [-0.2, 0) is 4.94 Å². The van der Waals surface area contributed by atoms with E-state index in [1.807, 2.05) is 0 Å². The fourth-order valence-electron chi connectivity index (χ4n) is 1.96. The van der Waals surface area contributed by atoms with Crippen molar-refractivity contribution in [2.45, 2.75) is 13.5 Å². The minimum Gasteiger partial charge on any atom is -0.478 e. The van der Waals surface area contributed by atoms with Crippen LogP contribution in [0.15, 0.2) is 30.3 Å². The average Bonchev–Trinajstić information content (AvgIpc) is 2.45. The second-order valence-corrected chi connectivity index (χ2v) is 4.11. The normalized spacial score (nSPS) is 10.1. The van der Waals surface area contributed by atoms with Crippen LogP contribution in [0.2, 0.25) is 0 Å². The Morgan fingerprint density at radius 3 is 2.27 bits per heavy atom. The number of rotatable bonds is 2. The van der Waals surface area contributed by atoms with Gasteiger partial charge in [0.25, 0.3) is 0 Å². The van der Waals surface area contributed by atoms with Gasteiger partial charge in [-0.2, -0.15) is 8.78 Å². The summed E-state index contributed by atoms with van der Waals surface area (Å²) in [7, 11) is 0. The Labute approximate surface area is 122 Å². The molecule has 5 nitrogen and oxygen atoms in total. The molecule has 0 aliphatic rings. The van der Waals surface area contributed by atoms with Gasteiger partial charge < -0.3 is 10.2 Å². The zero-order chi connectivity index (χ0) is 16.9. The quantitative estimate of drug-likeness (QED) is 0.889. The van der Waals surface area contributed by atoms with E-state index in [0.29, 0.717) is 10.9 Å². The first-order valence-corrected chi connectivity index (χ1v) is 5.84. The maximum Gasteiger partial charge on any atom is 0.380 e. The molecular weight excluding hydrogens is 305 g/mol. The van der Waals surface area contributed by atoms with Crippen molar-refractivity contribution in [3.8, 4) is 0 Å². The second kappa shape index (κ2) is 7.41. The smallest absolute Gasteiger partial charge is 0.380 e. The molecule has 0 spiro atoms. The van der Waals surface area contributed by atoms with Crippen molar-refractivity contribution in [1.82, 2.24) is 0 Å². The zero-order valence-corrected chi connectivity index (χ0v) is 11.2. The molecule has 2 N–H and O–H groups in total. The molecule has 0 aliphatic carbocycles. The van der Waals surface area contributed by atoms with Crippen LogP contribution >= 0.6 is 0 Å². The zero-order valence-electron chi connectivity index (χ0n) is 11.2. The number of carbonyl (C=O) groups is 2. The number of hydrogen-bond donors (Lipinski definition) is 2. The van der Waals surface area contributed by atoms with Crippen molar-refractivity contribution >= 4 is 22.7 Å². The van der Waals surface area contributed by atoms with Gasteiger partial charge in [-0.05, 0) is 23.9 Å².